The highest BCUT2D eigenvalue weighted by atomic mass is 28.3. The molecule has 59 heavy (non-hydrogen) atoms. The highest BCUT2D eigenvalue weighted by Crippen LogP contribution is 2.50. The average Bonchev–Trinajstić information content (AvgIpc) is 3.83. The number of hydrogen-bond donors (Lipinski definition) is 0. The minimum Gasteiger partial charge on any atom is -0.456 e. The zero-order valence-electron chi connectivity index (χ0n) is 31.9. The third-order valence-corrected chi connectivity index (χ3v) is 16.9. The molecule has 9 aromatic carbocycles. The molecule has 1 aromatic heterocycles. The van der Waals surface area contributed by atoms with E-state index in [1.807, 2.05) is 36.4 Å². The monoisotopic (exact) mass is 773 g/mol. The van der Waals surface area contributed by atoms with E-state index in [2.05, 4.69) is 181 Å². The minimum absolute atomic E-state index is 0.729. The number of hydrogen-bond acceptors (Lipinski definition) is 4. The van der Waals surface area contributed by atoms with Crippen molar-refractivity contribution >= 4 is 67.8 Å². The predicted octanol–water partition coefficient (Wildman–Crippen LogP) is 12.0. The maximum atomic E-state index is 6.76. The van der Waals surface area contributed by atoms with Gasteiger partial charge in [0, 0.05) is 33.4 Å². The number of furan rings is 1. The zero-order chi connectivity index (χ0) is 38.9. The summed E-state index contributed by atoms with van der Waals surface area (Å²) in [4.78, 5) is 2.35. The predicted molar refractivity (Wildman–Crippen MR) is 243 cm³/mol. The third-order valence-electron chi connectivity index (χ3n) is 12.0. The van der Waals surface area contributed by atoms with Crippen molar-refractivity contribution in [3.05, 3.63) is 212 Å². The van der Waals surface area contributed by atoms with Gasteiger partial charge in [-0.3, -0.25) is 0 Å². The summed E-state index contributed by atoms with van der Waals surface area (Å²) in [6, 6.07) is 75.8. The van der Waals surface area contributed by atoms with Crippen LogP contribution in [-0.4, -0.2) is 8.07 Å². The molecule has 10 aromatic rings. The van der Waals surface area contributed by atoms with Crippen molar-refractivity contribution < 1.29 is 13.9 Å². The Hall–Kier alpha value is -7.60. The van der Waals surface area contributed by atoms with E-state index in [1.165, 1.54) is 37.4 Å². The number of para-hydroxylation sites is 3. The summed E-state index contributed by atoms with van der Waals surface area (Å²) in [6.45, 7) is 0. The smallest absolute Gasteiger partial charge is 0.181 e. The lowest BCUT2D eigenvalue weighted by Gasteiger charge is -2.32. The van der Waals surface area contributed by atoms with Crippen molar-refractivity contribution in [3.63, 3.8) is 0 Å². The molecule has 1 unspecified atom stereocenters. The standard InChI is InChI=1S/C54H35NO3Si/c1-3-13-36(14-4-1)37-23-25-38(26-24-37)55(40-29-32-47-45(35-40)43-17-7-9-19-46(43)56-47)39-27-30-42(31-28-39)59(41-15-5-2-6-16-41)51-22-12-8-18-44(51)53-52(59)34-33-50-54(53)58-49-21-11-10-20-48(49)57-50/h1-35H. The molecular weight excluding hydrogens is 739 g/mol. The molecule has 0 spiro atoms. The number of anilines is 3. The van der Waals surface area contributed by atoms with Crippen molar-refractivity contribution in [2.45, 2.75) is 0 Å². The Bertz CT molecular complexity index is 3210. The van der Waals surface area contributed by atoms with Crippen LogP contribution in [0, 0.1) is 0 Å². The first-order valence-corrected chi connectivity index (χ1v) is 22.0. The van der Waals surface area contributed by atoms with Crippen molar-refractivity contribution in [1.82, 2.24) is 0 Å². The summed E-state index contributed by atoms with van der Waals surface area (Å²) in [5, 5.41) is 7.45. The van der Waals surface area contributed by atoms with Gasteiger partial charge < -0.3 is 18.8 Å². The second-order valence-corrected chi connectivity index (χ2v) is 18.9. The van der Waals surface area contributed by atoms with E-state index in [9.17, 15) is 0 Å². The third kappa shape index (κ3) is 5.15. The summed E-state index contributed by atoms with van der Waals surface area (Å²) in [7, 11) is -2.86. The van der Waals surface area contributed by atoms with Gasteiger partial charge in [0.15, 0.2) is 31.1 Å². The molecule has 0 radical (unpaired) electrons. The van der Waals surface area contributed by atoms with Gasteiger partial charge in [0.2, 0.25) is 0 Å². The molecule has 0 aliphatic carbocycles. The van der Waals surface area contributed by atoms with E-state index in [0.29, 0.717) is 0 Å². The lowest BCUT2D eigenvalue weighted by molar-refractivity contribution is 0.361. The summed E-state index contributed by atoms with van der Waals surface area (Å²) < 4.78 is 19.5. The summed E-state index contributed by atoms with van der Waals surface area (Å²) in [5.74, 6) is 2.98. The van der Waals surface area contributed by atoms with Gasteiger partial charge in [-0.15, -0.1) is 0 Å². The molecule has 0 fully saturated rings. The van der Waals surface area contributed by atoms with Gasteiger partial charge in [0.25, 0.3) is 0 Å². The van der Waals surface area contributed by atoms with Crippen molar-refractivity contribution in [2.75, 3.05) is 4.90 Å². The number of benzene rings is 9. The van der Waals surface area contributed by atoms with Crippen LogP contribution in [-0.2, 0) is 0 Å². The van der Waals surface area contributed by atoms with E-state index in [1.54, 1.807) is 0 Å². The average molecular weight is 774 g/mol. The van der Waals surface area contributed by atoms with Crippen LogP contribution in [0.4, 0.5) is 17.1 Å². The van der Waals surface area contributed by atoms with Gasteiger partial charge >= 0.3 is 0 Å². The fourth-order valence-electron chi connectivity index (χ4n) is 9.42. The molecule has 1 atom stereocenters. The highest BCUT2D eigenvalue weighted by Gasteiger charge is 2.50. The van der Waals surface area contributed by atoms with Gasteiger partial charge in [-0.25, -0.2) is 0 Å². The normalized spacial score (nSPS) is 14.8. The molecule has 0 amide bonds. The minimum atomic E-state index is -2.86. The van der Waals surface area contributed by atoms with Crippen LogP contribution in [0.2, 0.25) is 0 Å². The molecule has 3 heterocycles. The van der Waals surface area contributed by atoms with E-state index in [0.717, 1.165) is 67.6 Å². The van der Waals surface area contributed by atoms with Crippen molar-refractivity contribution in [1.29, 1.82) is 0 Å². The molecule has 0 bridgehead atoms. The van der Waals surface area contributed by atoms with Gasteiger partial charge in [0.1, 0.15) is 11.2 Å². The maximum absolute atomic E-state index is 6.76. The molecule has 2 aliphatic rings. The molecule has 4 nitrogen and oxygen atoms in total. The molecule has 278 valence electrons. The van der Waals surface area contributed by atoms with Crippen LogP contribution < -0.4 is 35.1 Å². The summed E-state index contributed by atoms with van der Waals surface area (Å²) >= 11 is 0. The van der Waals surface area contributed by atoms with Crippen molar-refractivity contribution in [2.24, 2.45) is 0 Å². The summed E-state index contributed by atoms with van der Waals surface area (Å²) in [6.07, 6.45) is 0. The van der Waals surface area contributed by atoms with Gasteiger partial charge in [0.05, 0.1) is 0 Å². The lowest BCUT2D eigenvalue weighted by Crippen LogP contribution is -2.72. The molecule has 2 aliphatic heterocycles. The molecule has 12 rings (SSSR count). The fraction of sp³-hybridized carbons (Fsp3) is 0. The van der Waals surface area contributed by atoms with Crippen LogP contribution in [0.25, 0.3) is 44.2 Å². The fourth-order valence-corrected chi connectivity index (χ4v) is 14.6. The molecular formula is C54H35NO3Si. The van der Waals surface area contributed by atoms with E-state index >= 15 is 0 Å². The Morgan fingerprint density at radius 1 is 0.373 bits per heavy atom. The second-order valence-electron chi connectivity index (χ2n) is 15.2. The van der Waals surface area contributed by atoms with Crippen molar-refractivity contribution in [3.8, 4) is 45.3 Å². The number of ether oxygens (including phenoxy) is 2. The molecule has 0 N–H and O–H groups in total. The van der Waals surface area contributed by atoms with Crippen LogP contribution in [0.3, 0.4) is 0 Å². The summed E-state index contributed by atoms with van der Waals surface area (Å²) in [5.41, 5.74) is 9.64. The van der Waals surface area contributed by atoms with E-state index in [-0.39, 0.29) is 0 Å². The Morgan fingerprint density at radius 3 is 1.76 bits per heavy atom. The number of rotatable bonds is 6. The molecule has 0 saturated carbocycles. The van der Waals surface area contributed by atoms with Gasteiger partial charge in [-0.2, -0.15) is 0 Å². The SMILES string of the molecule is c1ccc(-c2ccc(N(c3ccc([Si]4(c5ccccc5)c5ccccc5-c5c4ccc4c5Oc5ccccc5O4)cc3)c3ccc4oc5ccccc5c4c3)cc2)cc1. The van der Waals surface area contributed by atoms with Crippen LogP contribution >= 0.6 is 0 Å². The van der Waals surface area contributed by atoms with E-state index in [4.69, 9.17) is 13.9 Å². The Balaban J connectivity index is 1.04. The van der Waals surface area contributed by atoms with Crippen LogP contribution in [0.5, 0.6) is 23.0 Å². The van der Waals surface area contributed by atoms with Gasteiger partial charge in [-0.05, 0) is 104 Å². The van der Waals surface area contributed by atoms with Crippen LogP contribution in [0.15, 0.2) is 217 Å². The first-order valence-electron chi connectivity index (χ1n) is 20.0. The maximum Gasteiger partial charge on any atom is 0.181 e. The Morgan fingerprint density at radius 2 is 0.966 bits per heavy atom. The Labute approximate surface area is 342 Å². The first-order chi connectivity index (χ1) is 29.2. The second kappa shape index (κ2) is 13.2. The zero-order valence-corrected chi connectivity index (χ0v) is 32.9. The Kier molecular flexibility index (Phi) is 7.52. The molecule has 0 saturated heterocycles. The highest BCUT2D eigenvalue weighted by molar-refractivity contribution is 7.22. The lowest BCUT2D eigenvalue weighted by atomic mass is 10.0. The number of nitrogens with zero attached hydrogens (tertiary/aromatic N) is 1. The molecule has 5 heteroatoms. The quantitative estimate of drug-likeness (QED) is 0.158. The van der Waals surface area contributed by atoms with Gasteiger partial charge in [-0.1, -0.05) is 146 Å². The van der Waals surface area contributed by atoms with Crippen LogP contribution in [0.1, 0.15) is 0 Å². The van der Waals surface area contributed by atoms with E-state index < -0.39 is 8.07 Å². The first kappa shape index (κ1) is 33.5. The number of fused-ring (bicyclic) bond motifs is 9. The topological polar surface area (TPSA) is 34.8 Å². The largest absolute Gasteiger partial charge is 0.456 e.